The van der Waals surface area contributed by atoms with Gasteiger partial charge in [-0.3, -0.25) is 17.9 Å². The van der Waals surface area contributed by atoms with Crippen molar-refractivity contribution < 1.29 is 18.9 Å². The highest BCUT2D eigenvalue weighted by atomic mass is 16.5. The number of imidazole rings is 4. The van der Waals surface area contributed by atoms with Gasteiger partial charge in [0.1, 0.15) is 57.0 Å². The van der Waals surface area contributed by atoms with E-state index in [0.717, 1.165) is 189 Å². The zero-order valence-electron chi connectivity index (χ0n) is 53.1. The molecule has 0 fully saturated rings. The summed E-state index contributed by atoms with van der Waals surface area (Å²) in [7, 11) is 0. The average molecular weight is 1280 g/mol. The van der Waals surface area contributed by atoms with Gasteiger partial charge in [0.25, 0.3) is 13.4 Å². The molecule has 0 bridgehead atoms. The van der Waals surface area contributed by atoms with Crippen LogP contribution < -0.4 is 51.7 Å². The number of aromatic nitrogens is 8. The molecule has 100 heavy (non-hydrogen) atoms. The third kappa shape index (κ3) is 6.71. The Morgan fingerprint density at radius 2 is 0.600 bits per heavy atom. The van der Waals surface area contributed by atoms with E-state index in [1.54, 1.807) is 0 Å². The highest BCUT2D eigenvalue weighted by Crippen LogP contribution is 2.55. The molecule has 0 atom stereocenters. The average Bonchev–Trinajstić information content (AvgIpc) is 1.56. The topological polar surface area (TPSA) is 91.2 Å². The zero-order chi connectivity index (χ0) is 64.7. The summed E-state index contributed by atoms with van der Waals surface area (Å²) in [6.07, 6.45) is 0. The number of para-hydroxylation sites is 12. The molecule has 4 aliphatic rings. The summed E-state index contributed by atoms with van der Waals surface area (Å²) in [5.74, 6) is 7.34. The number of fused-ring (bicyclic) bond motifs is 26. The standard InChI is InChI=1S/C86H48B2N8O4/c1-3-23-49(24-4-1)91-61-35-15-17-37-63(61)95-65-45-43-53-51-27-7-13-33-59(51)93(81(53)79(65)89-85(91)95)67-47-73-77-83(99-71-41-21-11-31-57(71)87(77)55-29-9-19-39-69(55)97-73)75(67)76-68(48-74-78-84(76)100-72-42-22-12-32-58(72)88(78)56-30-10-20-40-70(56)98-74)94-60-34-14-8-28-52(60)54-44-46-66-80(82(54)94)90-86-92(50-25-5-2-6-26-50)62-36-16-18-38-64(62)96(66)86/h1-48H. The molecule has 24 rings (SSSR count). The second-order valence-corrected chi connectivity index (χ2v) is 26.6. The summed E-state index contributed by atoms with van der Waals surface area (Å²) < 4.78 is 44.9. The van der Waals surface area contributed by atoms with Crippen LogP contribution in [0.1, 0.15) is 0 Å². The van der Waals surface area contributed by atoms with E-state index in [1.165, 1.54) is 0 Å². The van der Waals surface area contributed by atoms with Crippen molar-refractivity contribution in [2.24, 2.45) is 0 Å². The Labute approximate surface area is 569 Å². The predicted octanol–water partition coefficient (Wildman–Crippen LogP) is 16.5. The summed E-state index contributed by atoms with van der Waals surface area (Å²) in [5, 5.41) is 4.20. The van der Waals surface area contributed by atoms with E-state index in [9.17, 15) is 0 Å². The van der Waals surface area contributed by atoms with Gasteiger partial charge < -0.3 is 28.1 Å². The third-order valence-corrected chi connectivity index (χ3v) is 21.7. The van der Waals surface area contributed by atoms with Crippen LogP contribution in [0.4, 0.5) is 0 Å². The van der Waals surface area contributed by atoms with Crippen molar-refractivity contribution in [2.75, 3.05) is 0 Å². The third-order valence-electron chi connectivity index (χ3n) is 21.7. The molecule has 0 N–H and O–H groups in total. The van der Waals surface area contributed by atoms with E-state index in [4.69, 9.17) is 28.9 Å². The van der Waals surface area contributed by atoms with Gasteiger partial charge >= 0.3 is 0 Å². The molecule has 0 unspecified atom stereocenters. The van der Waals surface area contributed by atoms with E-state index in [0.29, 0.717) is 23.0 Å². The highest BCUT2D eigenvalue weighted by Gasteiger charge is 2.47. The minimum atomic E-state index is -0.295. The molecule has 20 aromatic rings. The maximum atomic E-state index is 7.95. The quantitative estimate of drug-likeness (QED) is 0.159. The Hall–Kier alpha value is -13.5. The molecular formula is C86H48B2N8O4. The SMILES string of the molecule is c1ccc(-n2c3ccccc3n3c4ccc5c6ccccc6n(-c6cc7c8c(c6-c6c(-n9c%10ccccc%10c%10ccc%11c(nc%12n(-c%13ccccc%13)c%13ccccc%13n%11%12)c%109)cc9c%10c6Oc6ccccc6B%10c6ccccc6O9)Oc6ccccc6B8c6ccccc6O7)c5c4nc23)cc1. The maximum absolute atomic E-state index is 7.95. The van der Waals surface area contributed by atoms with Crippen molar-refractivity contribution in [1.29, 1.82) is 0 Å². The van der Waals surface area contributed by atoms with Crippen molar-refractivity contribution in [3.63, 3.8) is 0 Å². The van der Waals surface area contributed by atoms with Crippen molar-refractivity contribution in [2.45, 2.75) is 0 Å². The number of hydrogen-bond acceptors (Lipinski definition) is 6. The molecule has 12 nitrogen and oxygen atoms in total. The van der Waals surface area contributed by atoms with Crippen molar-refractivity contribution in [3.8, 4) is 79.9 Å². The van der Waals surface area contributed by atoms with Crippen LogP contribution >= 0.6 is 0 Å². The van der Waals surface area contributed by atoms with Crippen LogP contribution in [0.3, 0.4) is 0 Å². The van der Waals surface area contributed by atoms with E-state index < -0.39 is 0 Å². The summed E-state index contributed by atoms with van der Waals surface area (Å²) in [4.78, 5) is 11.8. The molecule has 14 heteroatoms. The Morgan fingerprint density at radius 3 is 1.01 bits per heavy atom. The summed E-state index contributed by atoms with van der Waals surface area (Å²) >= 11 is 0. The minimum absolute atomic E-state index is 0.295. The van der Waals surface area contributed by atoms with Crippen molar-refractivity contribution in [1.82, 2.24) is 37.0 Å². The van der Waals surface area contributed by atoms with Crippen LogP contribution in [0.5, 0.6) is 46.0 Å². The largest absolute Gasteiger partial charge is 0.458 e. The monoisotopic (exact) mass is 1280 g/mol. The molecule has 14 aromatic carbocycles. The summed E-state index contributed by atoms with van der Waals surface area (Å²) in [5.41, 5.74) is 22.8. The fourth-order valence-electron chi connectivity index (χ4n) is 17.7. The van der Waals surface area contributed by atoms with Gasteiger partial charge in [-0.25, -0.2) is 9.97 Å². The van der Waals surface area contributed by atoms with Crippen LogP contribution in [-0.4, -0.2) is 50.5 Å². The fourth-order valence-corrected chi connectivity index (χ4v) is 17.7. The second-order valence-electron chi connectivity index (χ2n) is 26.6. The first-order valence-electron chi connectivity index (χ1n) is 34.0. The lowest BCUT2D eigenvalue weighted by molar-refractivity contribution is 0.460. The first kappa shape index (κ1) is 52.8. The molecule has 0 saturated heterocycles. The summed E-state index contributed by atoms with van der Waals surface area (Å²) in [6.45, 7) is -0.591. The van der Waals surface area contributed by atoms with Gasteiger partial charge in [0.2, 0.25) is 11.6 Å². The molecule has 0 amide bonds. The number of benzene rings is 14. The number of ether oxygens (including phenoxy) is 4. The van der Waals surface area contributed by atoms with Crippen LogP contribution in [0.2, 0.25) is 0 Å². The van der Waals surface area contributed by atoms with Gasteiger partial charge in [-0.05, 0) is 131 Å². The van der Waals surface area contributed by atoms with Crippen LogP contribution in [0.25, 0.3) is 133 Å². The molecule has 4 aliphatic heterocycles. The van der Waals surface area contributed by atoms with Gasteiger partial charge in [-0.2, -0.15) is 0 Å². The molecule has 462 valence electrons. The van der Waals surface area contributed by atoms with Gasteiger partial charge in [0.05, 0.1) is 77.7 Å². The Morgan fingerprint density at radius 1 is 0.260 bits per heavy atom. The minimum Gasteiger partial charge on any atom is -0.458 e. The van der Waals surface area contributed by atoms with Crippen LogP contribution in [0, 0.1) is 0 Å². The zero-order valence-corrected chi connectivity index (χ0v) is 53.1. The van der Waals surface area contributed by atoms with Crippen molar-refractivity contribution in [3.05, 3.63) is 291 Å². The molecule has 6 aromatic heterocycles. The highest BCUT2D eigenvalue weighted by molar-refractivity contribution is 6.99. The second kappa shape index (κ2) is 19.2. The first-order valence-corrected chi connectivity index (χ1v) is 34.0. The molecule has 0 spiro atoms. The van der Waals surface area contributed by atoms with Gasteiger partial charge in [-0.15, -0.1) is 0 Å². The molecule has 10 heterocycles. The summed E-state index contributed by atoms with van der Waals surface area (Å²) in [6, 6.07) is 103. The van der Waals surface area contributed by atoms with E-state index in [2.05, 4.69) is 318 Å². The van der Waals surface area contributed by atoms with Crippen LogP contribution in [0.15, 0.2) is 291 Å². The first-order chi connectivity index (χ1) is 49.7. The molecular weight excluding hydrogens is 1230 g/mol. The molecule has 0 aliphatic carbocycles. The van der Waals surface area contributed by atoms with E-state index in [1.807, 2.05) is 0 Å². The molecule has 0 saturated carbocycles. The smallest absolute Gasteiger partial charge is 0.260 e. The number of hydrogen-bond donors (Lipinski definition) is 0. The predicted molar refractivity (Wildman–Crippen MR) is 402 cm³/mol. The van der Waals surface area contributed by atoms with Gasteiger partial charge in [-0.1, -0.05) is 170 Å². The maximum Gasteiger partial charge on any atom is 0.260 e. The lowest BCUT2D eigenvalue weighted by atomic mass is 9.34. The van der Waals surface area contributed by atoms with Gasteiger partial charge in [0.15, 0.2) is 0 Å². The van der Waals surface area contributed by atoms with E-state index in [-0.39, 0.29) is 13.4 Å². The lowest BCUT2D eigenvalue weighted by Crippen LogP contribution is -2.58. The number of rotatable bonds is 5. The van der Waals surface area contributed by atoms with Crippen LogP contribution in [-0.2, 0) is 0 Å². The Kier molecular flexibility index (Phi) is 10.1. The Bertz CT molecular complexity index is 6640. The number of nitrogens with zero attached hydrogens (tertiary/aromatic N) is 8. The van der Waals surface area contributed by atoms with Gasteiger partial charge in [0, 0.05) is 56.0 Å². The lowest BCUT2D eigenvalue weighted by Gasteiger charge is -2.37. The van der Waals surface area contributed by atoms with E-state index >= 15 is 0 Å². The normalized spacial score (nSPS) is 13.3. The Balaban J connectivity index is 0.914. The van der Waals surface area contributed by atoms with Crippen molar-refractivity contribution >= 4 is 146 Å². The molecule has 0 radical (unpaired) electrons. The fraction of sp³-hybridized carbons (Fsp3) is 0.